The molecular formula is C16H32IN5O2. The second-order valence-corrected chi connectivity index (χ2v) is 6.65. The lowest BCUT2D eigenvalue weighted by molar-refractivity contribution is -0.127. The van der Waals surface area contributed by atoms with E-state index in [9.17, 15) is 4.79 Å². The number of halogens is 1. The number of guanidine groups is 1. The van der Waals surface area contributed by atoms with E-state index in [-0.39, 0.29) is 36.4 Å². The van der Waals surface area contributed by atoms with E-state index < -0.39 is 0 Å². The Hall–Kier alpha value is -0.610. The highest BCUT2D eigenvalue weighted by molar-refractivity contribution is 14.0. The first kappa shape index (κ1) is 21.4. The molecule has 0 aromatic heterocycles. The molecule has 24 heavy (non-hydrogen) atoms. The number of carbonyl (C=O) groups is 1. The summed E-state index contributed by atoms with van der Waals surface area (Å²) < 4.78 is 5.36. The van der Waals surface area contributed by atoms with E-state index >= 15 is 0 Å². The van der Waals surface area contributed by atoms with Gasteiger partial charge in [0.15, 0.2) is 5.96 Å². The molecule has 7 nitrogen and oxygen atoms in total. The van der Waals surface area contributed by atoms with Crippen LogP contribution in [0.15, 0.2) is 4.99 Å². The quantitative estimate of drug-likeness (QED) is 0.252. The second-order valence-electron chi connectivity index (χ2n) is 6.65. The number of aliphatic imine (C=N–C) groups is 1. The highest BCUT2D eigenvalue weighted by atomic mass is 127. The highest BCUT2D eigenvalue weighted by Crippen LogP contribution is 2.28. The smallest absolute Gasteiger partial charge is 0.243 e. The molecule has 8 heteroatoms. The summed E-state index contributed by atoms with van der Waals surface area (Å²) in [4.78, 5) is 20.1. The largest absolute Gasteiger partial charge is 0.379 e. The van der Waals surface area contributed by atoms with Crippen LogP contribution in [-0.2, 0) is 9.53 Å². The number of hydrogen-bond acceptors (Lipinski definition) is 4. The molecule has 2 aliphatic rings. The Balaban J connectivity index is 0.00000288. The minimum absolute atomic E-state index is 0. The van der Waals surface area contributed by atoms with Crippen molar-refractivity contribution in [3.63, 3.8) is 0 Å². The van der Waals surface area contributed by atoms with Crippen molar-refractivity contribution >= 4 is 35.8 Å². The molecule has 2 unspecified atom stereocenters. The fourth-order valence-electron chi connectivity index (χ4n) is 2.47. The predicted molar refractivity (Wildman–Crippen MR) is 107 cm³/mol. The Morgan fingerprint density at radius 2 is 2.00 bits per heavy atom. The van der Waals surface area contributed by atoms with Gasteiger partial charge in [-0.05, 0) is 25.3 Å². The zero-order chi connectivity index (χ0) is 16.7. The van der Waals surface area contributed by atoms with Gasteiger partial charge >= 0.3 is 0 Å². The lowest BCUT2D eigenvalue weighted by Gasteiger charge is -2.26. The molecule has 2 fully saturated rings. The molecule has 140 valence electrons. The Morgan fingerprint density at radius 1 is 1.33 bits per heavy atom. The first-order valence-electron chi connectivity index (χ1n) is 8.61. The summed E-state index contributed by atoms with van der Waals surface area (Å²) in [7, 11) is 3.51. The SMILES string of the molecule is CC1CC1NC(=NCC(=O)N(C)C)NCCCN1CCOCC1.I. The maximum Gasteiger partial charge on any atom is 0.243 e. The van der Waals surface area contributed by atoms with Gasteiger partial charge in [-0.3, -0.25) is 9.69 Å². The summed E-state index contributed by atoms with van der Waals surface area (Å²) in [6, 6.07) is 0.495. The van der Waals surface area contributed by atoms with E-state index in [0.717, 1.165) is 51.8 Å². The molecule has 2 N–H and O–H groups in total. The third-order valence-corrected chi connectivity index (χ3v) is 4.35. The molecule has 2 rings (SSSR count). The molecule has 2 atom stereocenters. The number of ether oxygens (including phenoxy) is 1. The topological polar surface area (TPSA) is 69.2 Å². The van der Waals surface area contributed by atoms with Crippen molar-refractivity contribution in [3.05, 3.63) is 0 Å². The van der Waals surface area contributed by atoms with E-state index in [1.807, 2.05) is 0 Å². The molecule has 0 aromatic rings. The average Bonchev–Trinajstić information content (AvgIpc) is 3.24. The molecule has 1 aliphatic heterocycles. The maximum atomic E-state index is 11.7. The lowest BCUT2D eigenvalue weighted by Crippen LogP contribution is -2.42. The van der Waals surface area contributed by atoms with Gasteiger partial charge in [0.1, 0.15) is 6.54 Å². The molecule has 1 heterocycles. The molecule has 1 saturated heterocycles. The summed E-state index contributed by atoms with van der Waals surface area (Å²) in [5.74, 6) is 1.47. The van der Waals surface area contributed by atoms with Gasteiger partial charge in [-0.1, -0.05) is 6.92 Å². The molecule has 1 amide bonds. The molecule has 0 bridgehead atoms. The zero-order valence-corrected chi connectivity index (χ0v) is 17.4. The van der Waals surface area contributed by atoms with Crippen molar-refractivity contribution in [2.75, 3.05) is 60.0 Å². The van der Waals surface area contributed by atoms with Gasteiger partial charge in [-0.15, -0.1) is 24.0 Å². The van der Waals surface area contributed by atoms with Gasteiger partial charge in [-0.25, -0.2) is 4.99 Å². The van der Waals surface area contributed by atoms with Crippen LogP contribution in [0.1, 0.15) is 19.8 Å². The normalized spacial score (nSPS) is 24.0. The van der Waals surface area contributed by atoms with Crippen LogP contribution in [0, 0.1) is 5.92 Å². The average molecular weight is 453 g/mol. The molecule has 1 aliphatic carbocycles. The van der Waals surface area contributed by atoms with Crippen molar-refractivity contribution in [1.29, 1.82) is 0 Å². The first-order valence-corrected chi connectivity index (χ1v) is 8.61. The van der Waals surface area contributed by atoms with Crippen LogP contribution < -0.4 is 10.6 Å². The molecule has 0 spiro atoms. The summed E-state index contributed by atoms with van der Waals surface area (Å²) in [5.41, 5.74) is 0. The number of rotatable bonds is 7. The fourth-order valence-corrected chi connectivity index (χ4v) is 2.47. The van der Waals surface area contributed by atoms with Crippen LogP contribution in [0.4, 0.5) is 0 Å². The van der Waals surface area contributed by atoms with Gasteiger partial charge in [0, 0.05) is 39.8 Å². The fraction of sp³-hybridized carbons (Fsp3) is 0.875. The highest BCUT2D eigenvalue weighted by Gasteiger charge is 2.33. The maximum absolute atomic E-state index is 11.7. The van der Waals surface area contributed by atoms with Gasteiger partial charge < -0.3 is 20.3 Å². The van der Waals surface area contributed by atoms with E-state index in [2.05, 4.69) is 27.4 Å². The Labute approximate surface area is 162 Å². The van der Waals surface area contributed by atoms with Crippen LogP contribution in [-0.4, -0.2) is 87.7 Å². The van der Waals surface area contributed by atoms with Crippen molar-refractivity contribution < 1.29 is 9.53 Å². The monoisotopic (exact) mass is 453 g/mol. The van der Waals surface area contributed by atoms with E-state index in [0.29, 0.717) is 12.0 Å². The van der Waals surface area contributed by atoms with Crippen molar-refractivity contribution in [2.45, 2.75) is 25.8 Å². The first-order chi connectivity index (χ1) is 11.1. The van der Waals surface area contributed by atoms with Crippen LogP contribution in [0.25, 0.3) is 0 Å². The number of carbonyl (C=O) groups excluding carboxylic acids is 1. The van der Waals surface area contributed by atoms with E-state index in [4.69, 9.17) is 4.74 Å². The Bertz CT molecular complexity index is 413. The number of nitrogens with one attached hydrogen (secondary N) is 2. The number of morpholine rings is 1. The predicted octanol–water partition coefficient (Wildman–Crippen LogP) is 0.359. The number of nitrogens with zero attached hydrogens (tertiary/aromatic N) is 3. The summed E-state index contributed by atoms with van der Waals surface area (Å²) >= 11 is 0. The number of hydrogen-bond donors (Lipinski definition) is 2. The van der Waals surface area contributed by atoms with Crippen molar-refractivity contribution in [1.82, 2.24) is 20.4 Å². The lowest BCUT2D eigenvalue weighted by atomic mass is 10.3. The minimum Gasteiger partial charge on any atom is -0.379 e. The minimum atomic E-state index is 0. The summed E-state index contributed by atoms with van der Waals surface area (Å²) in [6.07, 6.45) is 2.23. The van der Waals surface area contributed by atoms with E-state index in [1.54, 1.807) is 19.0 Å². The standard InChI is InChI=1S/C16H31N5O2.HI/c1-13-11-14(13)19-16(18-12-15(22)20(2)3)17-5-4-6-21-7-9-23-10-8-21;/h13-14H,4-12H2,1-3H3,(H2,17,18,19);1H. The van der Waals surface area contributed by atoms with Crippen molar-refractivity contribution in [2.24, 2.45) is 10.9 Å². The second kappa shape index (κ2) is 11.1. The van der Waals surface area contributed by atoms with Crippen LogP contribution in [0.2, 0.25) is 0 Å². The van der Waals surface area contributed by atoms with Gasteiger partial charge in [0.25, 0.3) is 0 Å². The van der Waals surface area contributed by atoms with Gasteiger partial charge in [0.2, 0.25) is 5.91 Å². The molecule has 1 saturated carbocycles. The third kappa shape index (κ3) is 7.98. The number of amides is 1. The summed E-state index contributed by atoms with van der Waals surface area (Å²) in [5, 5.41) is 6.76. The zero-order valence-electron chi connectivity index (χ0n) is 15.1. The molecule has 0 aromatic carbocycles. The third-order valence-electron chi connectivity index (χ3n) is 4.35. The van der Waals surface area contributed by atoms with E-state index in [1.165, 1.54) is 6.42 Å². The van der Waals surface area contributed by atoms with Crippen molar-refractivity contribution in [3.8, 4) is 0 Å². The molecule has 0 radical (unpaired) electrons. The van der Waals surface area contributed by atoms with Gasteiger partial charge in [-0.2, -0.15) is 0 Å². The number of likely N-dealkylation sites (N-methyl/N-ethyl adjacent to an activating group) is 1. The van der Waals surface area contributed by atoms with Crippen LogP contribution in [0.5, 0.6) is 0 Å². The Kier molecular flexibility index (Phi) is 9.91. The summed E-state index contributed by atoms with van der Waals surface area (Å²) in [6.45, 7) is 8.07. The van der Waals surface area contributed by atoms with Gasteiger partial charge in [0.05, 0.1) is 13.2 Å². The molecular weight excluding hydrogens is 421 g/mol. The Morgan fingerprint density at radius 3 is 2.58 bits per heavy atom. The van der Waals surface area contributed by atoms with Crippen LogP contribution in [0.3, 0.4) is 0 Å². The van der Waals surface area contributed by atoms with Crippen LogP contribution >= 0.6 is 24.0 Å².